The van der Waals surface area contributed by atoms with Crippen molar-refractivity contribution in [3.63, 3.8) is 0 Å². The molecular formula is C13H14N2O2. The van der Waals surface area contributed by atoms with Gasteiger partial charge in [0.25, 0.3) is 5.91 Å². The number of benzene rings is 1. The Morgan fingerprint density at radius 2 is 2.47 bits per heavy atom. The van der Waals surface area contributed by atoms with Crippen molar-refractivity contribution in [1.29, 1.82) is 5.26 Å². The summed E-state index contributed by atoms with van der Waals surface area (Å²) in [6.45, 7) is 2.84. The lowest BCUT2D eigenvalue weighted by Crippen LogP contribution is -2.27. The van der Waals surface area contributed by atoms with Gasteiger partial charge in [-0.1, -0.05) is 0 Å². The number of fused-ring (bicyclic) bond motifs is 1. The van der Waals surface area contributed by atoms with Crippen LogP contribution in [0.25, 0.3) is 0 Å². The monoisotopic (exact) mass is 230 g/mol. The molecular weight excluding hydrogens is 216 g/mol. The molecule has 1 heterocycles. The number of carbonyl (C=O) groups is 1. The van der Waals surface area contributed by atoms with Gasteiger partial charge >= 0.3 is 0 Å². The summed E-state index contributed by atoms with van der Waals surface area (Å²) in [4.78, 5) is 11.8. The lowest BCUT2D eigenvalue weighted by molar-refractivity contribution is 0.0950. The fourth-order valence-electron chi connectivity index (χ4n) is 1.72. The summed E-state index contributed by atoms with van der Waals surface area (Å²) in [7, 11) is 0. The Kier molecular flexibility index (Phi) is 3.29. The molecule has 0 bridgehead atoms. The van der Waals surface area contributed by atoms with Crippen LogP contribution in [0, 0.1) is 17.2 Å². The predicted octanol–water partition coefficient (Wildman–Crippen LogP) is 1.51. The highest BCUT2D eigenvalue weighted by Gasteiger charge is 2.15. The maximum Gasteiger partial charge on any atom is 0.251 e. The van der Waals surface area contributed by atoms with Crippen LogP contribution in [-0.4, -0.2) is 19.1 Å². The smallest absolute Gasteiger partial charge is 0.251 e. The highest BCUT2D eigenvalue weighted by Crippen LogP contribution is 2.25. The van der Waals surface area contributed by atoms with E-state index < -0.39 is 0 Å². The van der Waals surface area contributed by atoms with Crippen LogP contribution >= 0.6 is 0 Å². The van der Waals surface area contributed by atoms with Gasteiger partial charge in [0.2, 0.25) is 0 Å². The van der Waals surface area contributed by atoms with Gasteiger partial charge in [0, 0.05) is 18.5 Å². The average Bonchev–Trinajstić information content (AvgIpc) is 2.82. The molecule has 0 aromatic heterocycles. The highest BCUT2D eigenvalue weighted by atomic mass is 16.5. The summed E-state index contributed by atoms with van der Waals surface area (Å²) in [6.07, 6.45) is 0.852. The molecule has 1 unspecified atom stereocenters. The van der Waals surface area contributed by atoms with Crippen molar-refractivity contribution < 1.29 is 9.53 Å². The number of carbonyl (C=O) groups excluding carboxylic acids is 1. The molecule has 1 amide bonds. The van der Waals surface area contributed by atoms with Crippen molar-refractivity contribution in [2.45, 2.75) is 13.3 Å². The first kappa shape index (κ1) is 11.5. The Labute approximate surface area is 100 Å². The topological polar surface area (TPSA) is 62.1 Å². The minimum absolute atomic E-state index is 0.137. The SMILES string of the molecule is CC(C#N)CNC(=O)c1ccc2c(c1)CCO2. The van der Waals surface area contributed by atoms with E-state index in [1.807, 2.05) is 12.1 Å². The molecule has 1 N–H and O–H groups in total. The van der Waals surface area contributed by atoms with Gasteiger partial charge in [-0.15, -0.1) is 0 Å². The van der Waals surface area contributed by atoms with E-state index in [1.165, 1.54) is 0 Å². The molecule has 1 aromatic carbocycles. The van der Waals surface area contributed by atoms with Crippen molar-refractivity contribution in [1.82, 2.24) is 5.32 Å². The fourth-order valence-corrected chi connectivity index (χ4v) is 1.72. The third-order valence-corrected chi connectivity index (χ3v) is 2.74. The van der Waals surface area contributed by atoms with Crippen LogP contribution in [0.2, 0.25) is 0 Å². The van der Waals surface area contributed by atoms with E-state index in [9.17, 15) is 4.79 Å². The molecule has 1 atom stereocenters. The average molecular weight is 230 g/mol. The van der Waals surface area contributed by atoms with Crippen LogP contribution in [0.15, 0.2) is 18.2 Å². The molecule has 4 heteroatoms. The first-order chi connectivity index (χ1) is 8.20. The zero-order valence-electron chi connectivity index (χ0n) is 9.69. The van der Waals surface area contributed by atoms with Crippen molar-refractivity contribution in [2.75, 3.05) is 13.2 Å². The summed E-state index contributed by atoms with van der Waals surface area (Å²) in [5.74, 6) is 0.561. The Morgan fingerprint density at radius 3 is 3.24 bits per heavy atom. The number of nitrogens with one attached hydrogen (secondary N) is 1. The molecule has 4 nitrogen and oxygen atoms in total. The number of ether oxygens (including phenoxy) is 1. The van der Waals surface area contributed by atoms with E-state index in [0.717, 1.165) is 17.7 Å². The Morgan fingerprint density at radius 1 is 1.65 bits per heavy atom. The number of amides is 1. The number of nitrogens with zero attached hydrogens (tertiary/aromatic N) is 1. The summed E-state index contributed by atoms with van der Waals surface area (Å²) < 4.78 is 5.37. The molecule has 0 saturated carbocycles. The lowest BCUT2D eigenvalue weighted by atomic mass is 10.1. The van der Waals surface area contributed by atoms with Crippen LogP contribution < -0.4 is 10.1 Å². The van der Waals surface area contributed by atoms with E-state index in [1.54, 1.807) is 13.0 Å². The van der Waals surface area contributed by atoms with Gasteiger partial charge in [-0.2, -0.15) is 5.26 Å². The van der Waals surface area contributed by atoms with Gasteiger partial charge in [-0.3, -0.25) is 4.79 Å². The summed E-state index contributed by atoms with van der Waals surface area (Å²) >= 11 is 0. The van der Waals surface area contributed by atoms with Crippen LogP contribution in [0.1, 0.15) is 22.8 Å². The molecule has 1 aromatic rings. The molecule has 0 aliphatic carbocycles. The maximum absolute atomic E-state index is 11.8. The normalized spacial score (nSPS) is 14.4. The molecule has 1 aliphatic heterocycles. The standard InChI is InChI=1S/C13H14N2O2/c1-9(7-14)8-15-13(16)11-2-3-12-10(6-11)4-5-17-12/h2-3,6,9H,4-5,8H2,1H3,(H,15,16). The number of hydrogen-bond acceptors (Lipinski definition) is 3. The maximum atomic E-state index is 11.8. The molecule has 0 fully saturated rings. The molecule has 0 radical (unpaired) electrons. The number of hydrogen-bond donors (Lipinski definition) is 1. The van der Waals surface area contributed by atoms with E-state index in [0.29, 0.717) is 18.7 Å². The first-order valence-corrected chi connectivity index (χ1v) is 5.64. The minimum Gasteiger partial charge on any atom is -0.493 e. The van der Waals surface area contributed by atoms with Crippen molar-refractivity contribution in [3.8, 4) is 11.8 Å². The van der Waals surface area contributed by atoms with E-state index in [4.69, 9.17) is 10.00 Å². The predicted molar refractivity (Wildman–Crippen MR) is 62.8 cm³/mol. The number of rotatable bonds is 3. The van der Waals surface area contributed by atoms with Gasteiger partial charge < -0.3 is 10.1 Å². The van der Waals surface area contributed by atoms with Crippen LogP contribution in [0.4, 0.5) is 0 Å². The van der Waals surface area contributed by atoms with Crippen molar-refractivity contribution in [3.05, 3.63) is 29.3 Å². The fraction of sp³-hybridized carbons (Fsp3) is 0.385. The Hall–Kier alpha value is -2.02. The van der Waals surface area contributed by atoms with E-state index in [-0.39, 0.29) is 11.8 Å². The van der Waals surface area contributed by atoms with Crippen molar-refractivity contribution >= 4 is 5.91 Å². The van der Waals surface area contributed by atoms with Crippen LogP contribution in [0.3, 0.4) is 0 Å². The van der Waals surface area contributed by atoms with E-state index >= 15 is 0 Å². The van der Waals surface area contributed by atoms with Gasteiger partial charge in [0.1, 0.15) is 5.75 Å². The summed E-state index contributed by atoms with van der Waals surface area (Å²) in [6, 6.07) is 7.51. The van der Waals surface area contributed by atoms with Crippen LogP contribution in [-0.2, 0) is 6.42 Å². The third-order valence-electron chi connectivity index (χ3n) is 2.74. The summed E-state index contributed by atoms with van der Waals surface area (Å²) in [5.41, 5.74) is 1.70. The molecule has 2 rings (SSSR count). The van der Waals surface area contributed by atoms with Crippen molar-refractivity contribution in [2.24, 2.45) is 5.92 Å². The van der Waals surface area contributed by atoms with Gasteiger partial charge in [-0.25, -0.2) is 0 Å². The van der Waals surface area contributed by atoms with Gasteiger partial charge in [0.15, 0.2) is 0 Å². The van der Waals surface area contributed by atoms with Gasteiger partial charge in [-0.05, 0) is 30.7 Å². The summed E-state index contributed by atoms with van der Waals surface area (Å²) in [5, 5.41) is 11.4. The molecule has 88 valence electrons. The Balaban J connectivity index is 2.03. The molecule has 0 spiro atoms. The zero-order chi connectivity index (χ0) is 12.3. The second kappa shape index (κ2) is 4.88. The quantitative estimate of drug-likeness (QED) is 0.856. The molecule has 0 saturated heterocycles. The zero-order valence-corrected chi connectivity index (χ0v) is 9.69. The number of nitriles is 1. The largest absolute Gasteiger partial charge is 0.493 e. The van der Waals surface area contributed by atoms with E-state index in [2.05, 4.69) is 11.4 Å². The third kappa shape index (κ3) is 2.56. The minimum atomic E-state index is -0.170. The second-order valence-corrected chi connectivity index (χ2v) is 4.16. The van der Waals surface area contributed by atoms with Gasteiger partial charge in [0.05, 0.1) is 18.6 Å². The highest BCUT2D eigenvalue weighted by molar-refractivity contribution is 5.94. The molecule has 17 heavy (non-hydrogen) atoms. The Bertz CT molecular complexity index is 477. The second-order valence-electron chi connectivity index (χ2n) is 4.16. The van der Waals surface area contributed by atoms with Crippen LogP contribution in [0.5, 0.6) is 5.75 Å². The first-order valence-electron chi connectivity index (χ1n) is 5.64. The molecule has 1 aliphatic rings. The lowest BCUT2D eigenvalue weighted by Gasteiger charge is -2.07.